The van der Waals surface area contributed by atoms with E-state index in [4.69, 9.17) is 9.52 Å². The highest BCUT2D eigenvalue weighted by Crippen LogP contribution is 2.24. The standard InChI is InChI=1S/C14H16FNO2.ClH/c1-10(17)8-16-9-11-6-7-14(18-11)12-4-2-3-5-13(12)15;/h2-7,10,16-17H,8-9H2,1H3;1H. The van der Waals surface area contributed by atoms with Crippen LogP contribution in [0.2, 0.25) is 0 Å². The maximum atomic E-state index is 13.5. The summed E-state index contributed by atoms with van der Waals surface area (Å²) in [6, 6.07) is 10.1. The zero-order valence-electron chi connectivity index (χ0n) is 10.6. The molecule has 3 nitrogen and oxygen atoms in total. The van der Waals surface area contributed by atoms with Crippen LogP contribution in [0.4, 0.5) is 4.39 Å². The molecule has 0 spiro atoms. The minimum atomic E-state index is -0.397. The second-order valence-corrected chi connectivity index (χ2v) is 4.23. The van der Waals surface area contributed by atoms with Crippen molar-refractivity contribution >= 4 is 12.4 Å². The lowest BCUT2D eigenvalue weighted by Gasteiger charge is -2.04. The average Bonchev–Trinajstić information content (AvgIpc) is 2.78. The number of aliphatic hydroxyl groups excluding tert-OH is 1. The fourth-order valence-electron chi connectivity index (χ4n) is 1.68. The second-order valence-electron chi connectivity index (χ2n) is 4.23. The smallest absolute Gasteiger partial charge is 0.137 e. The molecule has 0 saturated heterocycles. The van der Waals surface area contributed by atoms with Crippen molar-refractivity contribution in [2.75, 3.05) is 6.54 Å². The Bertz CT molecular complexity index is 514. The minimum Gasteiger partial charge on any atom is -0.460 e. The summed E-state index contributed by atoms with van der Waals surface area (Å²) in [7, 11) is 0. The van der Waals surface area contributed by atoms with Crippen molar-refractivity contribution in [2.24, 2.45) is 0 Å². The van der Waals surface area contributed by atoms with Gasteiger partial charge in [0.05, 0.1) is 18.2 Å². The molecule has 1 aromatic heterocycles. The lowest BCUT2D eigenvalue weighted by atomic mass is 10.1. The highest BCUT2D eigenvalue weighted by molar-refractivity contribution is 5.85. The van der Waals surface area contributed by atoms with Crippen LogP contribution < -0.4 is 5.32 Å². The fraction of sp³-hybridized carbons (Fsp3) is 0.286. The van der Waals surface area contributed by atoms with Crippen LogP contribution in [0.3, 0.4) is 0 Å². The number of furan rings is 1. The first-order chi connectivity index (χ1) is 8.66. The van der Waals surface area contributed by atoms with E-state index in [9.17, 15) is 4.39 Å². The molecule has 2 aromatic rings. The first-order valence-corrected chi connectivity index (χ1v) is 5.89. The van der Waals surface area contributed by atoms with Crippen molar-refractivity contribution in [2.45, 2.75) is 19.6 Å². The molecule has 0 aliphatic carbocycles. The zero-order chi connectivity index (χ0) is 13.0. The van der Waals surface area contributed by atoms with Crippen molar-refractivity contribution < 1.29 is 13.9 Å². The number of halogens is 2. The van der Waals surface area contributed by atoms with E-state index in [0.29, 0.717) is 30.2 Å². The normalized spacial score (nSPS) is 11.9. The molecule has 0 aliphatic heterocycles. The third-order valence-corrected chi connectivity index (χ3v) is 2.54. The van der Waals surface area contributed by atoms with E-state index < -0.39 is 6.10 Å². The lowest BCUT2D eigenvalue weighted by molar-refractivity contribution is 0.190. The summed E-state index contributed by atoms with van der Waals surface area (Å²) in [5.41, 5.74) is 0.458. The summed E-state index contributed by atoms with van der Waals surface area (Å²) in [6.07, 6.45) is -0.397. The second kappa shape index (κ2) is 7.28. The molecule has 1 heterocycles. The zero-order valence-corrected chi connectivity index (χ0v) is 11.4. The van der Waals surface area contributed by atoms with Crippen LogP contribution >= 0.6 is 12.4 Å². The molecule has 0 bridgehead atoms. The molecule has 0 fully saturated rings. The Morgan fingerprint density at radius 2 is 2.00 bits per heavy atom. The van der Waals surface area contributed by atoms with Crippen molar-refractivity contribution in [1.29, 1.82) is 0 Å². The molecule has 2 rings (SSSR count). The Labute approximate surface area is 117 Å². The minimum absolute atomic E-state index is 0. The lowest BCUT2D eigenvalue weighted by Crippen LogP contribution is -2.23. The van der Waals surface area contributed by atoms with Gasteiger partial charge in [0.15, 0.2) is 0 Å². The Morgan fingerprint density at radius 1 is 1.26 bits per heavy atom. The summed E-state index contributed by atoms with van der Waals surface area (Å²) in [6.45, 7) is 2.72. The van der Waals surface area contributed by atoms with E-state index in [0.717, 1.165) is 0 Å². The number of aliphatic hydroxyl groups is 1. The van der Waals surface area contributed by atoms with Gasteiger partial charge in [-0.1, -0.05) is 12.1 Å². The quantitative estimate of drug-likeness (QED) is 0.888. The van der Waals surface area contributed by atoms with Gasteiger partial charge in [-0.05, 0) is 31.2 Å². The van der Waals surface area contributed by atoms with E-state index >= 15 is 0 Å². The molecule has 1 atom stereocenters. The molecule has 0 amide bonds. The first-order valence-electron chi connectivity index (χ1n) is 5.89. The maximum absolute atomic E-state index is 13.5. The third-order valence-electron chi connectivity index (χ3n) is 2.54. The molecule has 0 radical (unpaired) electrons. The van der Waals surface area contributed by atoms with Crippen LogP contribution in [-0.2, 0) is 6.54 Å². The average molecular weight is 286 g/mol. The molecule has 0 saturated carbocycles. The van der Waals surface area contributed by atoms with Gasteiger partial charge in [0, 0.05) is 6.54 Å². The van der Waals surface area contributed by atoms with E-state index in [1.54, 1.807) is 37.3 Å². The summed E-state index contributed by atoms with van der Waals surface area (Å²) in [5.74, 6) is 0.936. The molecule has 5 heteroatoms. The SMILES string of the molecule is CC(O)CNCc1ccc(-c2ccccc2F)o1.Cl. The predicted molar refractivity (Wildman–Crippen MR) is 74.7 cm³/mol. The van der Waals surface area contributed by atoms with E-state index in [2.05, 4.69) is 5.32 Å². The van der Waals surface area contributed by atoms with Gasteiger partial charge in [-0.15, -0.1) is 12.4 Å². The van der Waals surface area contributed by atoms with Gasteiger partial charge >= 0.3 is 0 Å². The maximum Gasteiger partial charge on any atom is 0.137 e. The van der Waals surface area contributed by atoms with Gasteiger partial charge in [-0.25, -0.2) is 4.39 Å². The third kappa shape index (κ3) is 4.35. The summed E-state index contributed by atoms with van der Waals surface area (Å²) < 4.78 is 19.1. The molecule has 0 aliphatic rings. The molecule has 1 aromatic carbocycles. The first kappa shape index (κ1) is 15.7. The highest BCUT2D eigenvalue weighted by Gasteiger charge is 2.08. The van der Waals surface area contributed by atoms with E-state index in [-0.39, 0.29) is 18.2 Å². The van der Waals surface area contributed by atoms with Crippen LogP contribution in [0, 0.1) is 5.82 Å². The van der Waals surface area contributed by atoms with Gasteiger partial charge < -0.3 is 14.8 Å². The predicted octanol–water partition coefficient (Wildman–Crippen LogP) is 2.98. The van der Waals surface area contributed by atoms with Crippen LogP contribution in [0.5, 0.6) is 0 Å². The Hall–Kier alpha value is -1.36. The molecule has 2 N–H and O–H groups in total. The summed E-state index contributed by atoms with van der Waals surface area (Å²) in [4.78, 5) is 0. The largest absolute Gasteiger partial charge is 0.460 e. The highest BCUT2D eigenvalue weighted by atomic mass is 35.5. The van der Waals surface area contributed by atoms with Crippen molar-refractivity contribution in [3.05, 3.63) is 48.0 Å². The van der Waals surface area contributed by atoms with E-state index in [1.165, 1.54) is 6.07 Å². The van der Waals surface area contributed by atoms with Crippen molar-refractivity contribution in [3.8, 4) is 11.3 Å². The van der Waals surface area contributed by atoms with Gasteiger partial charge in [0.2, 0.25) is 0 Å². The topological polar surface area (TPSA) is 45.4 Å². The number of rotatable bonds is 5. The summed E-state index contributed by atoms with van der Waals surface area (Å²) >= 11 is 0. The van der Waals surface area contributed by atoms with Crippen molar-refractivity contribution in [1.82, 2.24) is 5.32 Å². The molecular formula is C14H17ClFNO2. The number of nitrogens with one attached hydrogen (secondary N) is 1. The van der Waals surface area contributed by atoms with Crippen LogP contribution in [0.25, 0.3) is 11.3 Å². The van der Waals surface area contributed by atoms with Crippen LogP contribution in [0.1, 0.15) is 12.7 Å². The van der Waals surface area contributed by atoms with Crippen molar-refractivity contribution in [3.63, 3.8) is 0 Å². The Balaban J connectivity index is 0.00000180. The Morgan fingerprint density at radius 3 is 2.68 bits per heavy atom. The molecule has 1 unspecified atom stereocenters. The molecule has 104 valence electrons. The van der Waals surface area contributed by atoms with E-state index in [1.807, 2.05) is 0 Å². The van der Waals surface area contributed by atoms with Crippen LogP contribution in [-0.4, -0.2) is 17.8 Å². The number of hydrogen-bond acceptors (Lipinski definition) is 3. The fourth-order valence-corrected chi connectivity index (χ4v) is 1.68. The van der Waals surface area contributed by atoms with Gasteiger partial charge in [-0.3, -0.25) is 0 Å². The Kier molecular flexibility index (Phi) is 6.02. The van der Waals surface area contributed by atoms with Gasteiger partial charge in [0.25, 0.3) is 0 Å². The number of hydrogen-bond donors (Lipinski definition) is 2. The summed E-state index contributed by atoms with van der Waals surface area (Å²) in [5, 5.41) is 12.2. The molecule has 19 heavy (non-hydrogen) atoms. The van der Waals surface area contributed by atoms with Gasteiger partial charge in [-0.2, -0.15) is 0 Å². The number of benzene rings is 1. The van der Waals surface area contributed by atoms with Crippen LogP contribution in [0.15, 0.2) is 40.8 Å². The molecular weight excluding hydrogens is 269 g/mol. The van der Waals surface area contributed by atoms with Gasteiger partial charge in [0.1, 0.15) is 17.3 Å². The monoisotopic (exact) mass is 285 g/mol.